The maximum atomic E-state index is 11.8. The number of nitrogens with one attached hydrogen (secondary N) is 1. The van der Waals surface area contributed by atoms with Gasteiger partial charge in [-0.1, -0.05) is 18.5 Å². The Morgan fingerprint density at radius 3 is 2.67 bits per heavy atom. The zero-order valence-corrected chi connectivity index (χ0v) is 10.7. The van der Waals surface area contributed by atoms with Crippen molar-refractivity contribution in [1.82, 2.24) is 5.32 Å². The van der Waals surface area contributed by atoms with Crippen LogP contribution in [0.2, 0.25) is 5.02 Å². The largest absolute Gasteiger partial charge is 0.481 e. The van der Waals surface area contributed by atoms with Gasteiger partial charge in [0.25, 0.3) is 5.91 Å². The minimum Gasteiger partial charge on any atom is -0.481 e. The molecule has 0 aliphatic carbocycles. The van der Waals surface area contributed by atoms with Crippen LogP contribution in [0.15, 0.2) is 18.2 Å². The fraction of sp³-hybridized carbons (Fsp3) is 0.333. The van der Waals surface area contributed by atoms with E-state index < -0.39 is 5.97 Å². The summed E-state index contributed by atoms with van der Waals surface area (Å²) in [7, 11) is 0. The van der Waals surface area contributed by atoms with Crippen LogP contribution < -0.4 is 11.1 Å². The molecule has 1 amide bonds. The molecule has 1 rings (SSSR count). The van der Waals surface area contributed by atoms with Crippen LogP contribution in [0, 0.1) is 5.92 Å². The molecule has 98 valence electrons. The number of nitrogens with two attached hydrogens (primary N) is 1. The fourth-order valence-corrected chi connectivity index (χ4v) is 1.73. The molecule has 18 heavy (non-hydrogen) atoms. The van der Waals surface area contributed by atoms with E-state index in [1.54, 1.807) is 13.0 Å². The Kier molecular flexibility index (Phi) is 4.97. The lowest BCUT2D eigenvalue weighted by Crippen LogP contribution is -2.29. The smallest absolute Gasteiger partial charge is 0.303 e. The molecule has 0 aliphatic heterocycles. The summed E-state index contributed by atoms with van der Waals surface area (Å²) in [6.07, 6.45) is 0.0119. The molecule has 0 aliphatic rings. The number of hydrogen-bond acceptors (Lipinski definition) is 3. The quantitative estimate of drug-likeness (QED) is 0.711. The van der Waals surface area contributed by atoms with Crippen molar-refractivity contribution in [2.45, 2.75) is 13.3 Å². The van der Waals surface area contributed by atoms with E-state index in [0.717, 1.165) is 0 Å². The number of carbonyl (C=O) groups is 2. The van der Waals surface area contributed by atoms with Crippen LogP contribution in [0.3, 0.4) is 0 Å². The Morgan fingerprint density at radius 1 is 1.44 bits per heavy atom. The molecule has 0 fully saturated rings. The first-order valence-electron chi connectivity index (χ1n) is 5.44. The number of hydrogen-bond donors (Lipinski definition) is 3. The Labute approximate surface area is 110 Å². The minimum atomic E-state index is -0.885. The zero-order chi connectivity index (χ0) is 13.7. The lowest BCUT2D eigenvalue weighted by atomic mass is 10.1. The molecular formula is C12H15ClN2O3. The second-order valence-electron chi connectivity index (χ2n) is 4.19. The van der Waals surface area contributed by atoms with Crippen LogP contribution in [-0.2, 0) is 4.79 Å². The van der Waals surface area contributed by atoms with E-state index in [-0.39, 0.29) is 24.8 Å². The van der Waals surface area contributed by atoms with Gasteiger partial charge in [-0.05, 0) is 24.1 Å². The van der Waals surface area contributed by atoms with E-state index in [1.165, 1.54) is 12.1 Å². The summed E-state index contributed by atoms with van der Waals surface area (Å²) >= 11 is 5.79. The van der Waals surface area contributed by atoms with E-state index >= 15 is 0 Å². The number of rotatable bonds is 5. The maximum Gasteiger partial charge on any atom is 0.303 e. The van der Waals surface area contributed by atoms with Crippen molar-refractivity contribution < 1.29 is 14.7 Å². The number of halogens is 1. The predicted octanol–water partition coefficient (Wildman–Crippen LogP) is 1.76. The first kappa shape index (κ1) is 14.3. The van der Waals surface area contributed by atoms with Crippen LogP contribution in [0.5, 0.6) is 0 Å². The lowest BCUT2D eigenvalue weighted by Gasteiger charge is -2.10. The van der Waals surface area contributed by atoms with Crippen molar-refractivity contribution in [2.24, 2.45) is 5.92 Å². The summed E-state index contributed by atoms with van der Waals surface area (Å²) in [5.41, 5.74) is 6.35. The van der Waals surface area contributed by atoms with Gasteiger partial charge in [0.05, 0.1) is 0 Å². The molecule has 0 bridgehead atoms. The van der Waals surface area contributed by atoms with Gasteiger partial charge in [0, 0.05) is 29.2 Å². The van der Waals surface area contributed by atoms with Gasteiger partial charge in [-0.3, -0.25) is 9.59 Å². The Hall–Kier alpha value is -1.75. The molecule has 4 N–H and O–H groups in total. The van der Waals surface area contributed by atoms with Gasteiger partial charge in [-0.2, -0.15) is 0 Å². The van der Waals surface area contributed by atoms with Gasteiger partial charge >= 0.3 is 5.97 Å². The second kappa shape index (κ2) is 6.26. The summed E-state index contributed by atoms with van der Waals surface area (Å²) in [6.45, 7) is 2.04. The standard InChI is InChI=1S/C12H15ClN2O3/c1-7(2-11(16)17)6-15-12(18)8-3-9(13)5-10(14)4-8/h3-5,7H,2,6,14H2,1H3,(H,15,18)(H,16,17). The van der Waals surface area contributed by atoms with Gasteiger partial charge in [0.15, 0.2) is 0 Å². The van der Waals surface area contributed by atoms with Crippen molar-refractivity contribution in [2.75, 3.05) is 12.3 Å². The highest BCUT2D eigenvalue weighted by Gasteiger charge is 2.11. The van der Waals surface area contributed by atoms with Gasteiger partial charge in [0.2, 0.25) is 0 Å². The topological polar surface area (TPSA) is 92.4 Å². The summed E-state index contributed by atoms with van der Waals surface area (Å²) in [6, 6.07) is 4.57. The van der Waals surface area contributed by atoms with Gasteiger partial charge in [-0.15, -0.1) is 0 Å². The van der Waals surface area contributed by atoms with Crippen molar-refractivity contribution >= 4 is 29.2 Å². The number of benzene rings is 1. The Balaban J connectivity index is 2.57. The molecule has 6 heteroatoms. The monoisotopic (exact) mass is 270 g/mol. The molecular weight excluding hydrogens is 256 g/mol. The molecule has 1 atom stereocenters. The molecule has 0 saturated carbocycles. The van der Waals surface area contributed by atoms with E-state index in [0.29, 0.717) is 16.3 Å². The zero-order valence-electron chi connectivity index (χ0n) is 9.94. The second-order valence-corrected chi connectivity index (χ2v) is 4.62. The lowest BCUT2D eigenvalue weighted by molar-refractivity contribution is -0.137. The number of carboxylic acid groups (broad SMARTS) is 1. The highest BCUT2D eigenvalue weighted by atomic mass is 35.5. The SMILES string of the molecule is CC(CNC(=O)c1cc(N)cc(Cl)c1)CC(=O)O. The molecule has 0 spiro atoms. The minimum absolute atomic E-state index is 0.0119. The maximum absolute atomic E-state index is 11.8. The summed E-state index contributed by atoms with van der Waals surface area (Å²) in [5.74, 6) is -1.34. The fourth-order valence-electron chi connectivity index (χ4n) is 1.48. The molecule has 0 saturated heterocycles. The number of amides is 1. The summed E-state index contributed by atoms with van der Waals surface area (Å²) in [4.78, 5) is 22.2. The molecule has 1 aromatic carbocycles. The average molecular weight is 271 g/mol. The summed E-state index contributed by atoms with van der Waals surface area (Å²) < 4.78 is 0. The third-order valence-electron chi connectivity index (χ3n) is 2.32. The van der Waals surface area contributed by atoms with Gasteiger partial charge < -0.3 is 16.2 Å². The summed E-state index contributed by atoms with van der Waals surface area (Å²) in [5, 5.41) is 11.6. The number of aliphatic carboxylic acids is 1. The number of carbonyl (C=O) groups excluding carboxylic acids is 1. The normalized spacial score (nSPS) is 11.9. The highest BCUT2D eigenvalue weighted by Crippen LogP contribution is 2.16. The Bertz CT molecular complexity index is 442. The van der Waals surface area contributed by atoms with Crippen LogP contribution >= 0.6 is 11.6 Å². The van der Waals surface area contributed by atoms with Crippen molar-refractivity contribution in [3.63, 3.8) is 0 Å². The average Bonchev–Trinajstić information content (AvgIpc) is 2.23. The van der Waals surface area contributed by atoms with Crippen molar-refractivity contribution in [1.29, 1.82) is 0 Å². The van der Waals surface area contributed by atoms with E-state index in [4.69, 9.17) is 22.4 Å². The Morgan fingerprint density at radius 2 is 2.11 bits per heavy atom. The van der Waals surface area contributed by atoms with E-state index in [1.807, 2.05) is 0 Å². The van der Waals surface area contributed by atoms with Crippen LogP contribution in [0.1, 0.15) is 23.7 Å². The van der Waals surface area contributed by atoms with Crippen LogP contribution in [-0.4, -0.2) is 23.5 Å². The first-order valence-corrected chi connectivity index (χ1v) is 5.82. The third-order valence-corrected chi connectivity index (χ3v) is 2.53. The molecule has 5 nitrogen and oxygen atoms in total. The molecule has 0 aromatic heterocycles. The van der Waals surface area contributed by atoms with Crippen molar-refractivity contribution in [3.05, 3.63) is 28.8 Å². The molecule has 1 aromatic rings. The number of anilines is 1. The number of nitrogen functional groups attached to an aromatic ring is 1. The highest BCUT2D eigenvalue weighted by molar-refractivity contribution is 6.31. The first-order chi connectivity index (χ1) is 8.38. The van der Waals surface area contributed by atoms with Gasteiger partial charge in [-0.25, -0.2) is 0 Å². The number of carboxylic acids is 1. The third kappa shape index (κ3) is 4.63. The van der Waals surface area contributed by atoms with Gasteiger partial charge in [0.1, 0.15) is 0 Å². The molecule has 0 radical (unpaired) electrons. The van der Waals surface area contributed by atoms with Crippen molar-refractivity contribution in [3.8, 4) is 0 Å². The molecule has 1 unspecified atom stereocenters. The van der Waals surface area contributed by atoms with E-state index in [9.17, 15) is 9.59 Å². The van der Waals surface area contributed by atoms with Crippen LogP contribution in [0.4, 0.5) is 5.69 Å². The molecule has 0 heterocycles. The van der Waals surface area contributed by atoms with E-state index in [2.05, 4.69) is 5.32 Å². The predicted molar refractivity (Wildman–Crippen MR) is 69.6 cm³/mol. The van der Waals surface area contributed by atoms with Crippen LogP contribution in [0.25, 0.3) is 0 Å².